The van der Waals surface area contributed by atoms with E-state index in [0.29, 0.717) is 0 Å². The van der Waals surface area contributed by atoms with E-state index in [-0.39, 0.29) is 12.4 Å². The molecule has 1 heterocycles. The molecule has 0 aromatic carbocycles. The zero-order valence-corrected chi connectivity index (χ0v) is 8.91. The molecule has 0 spiro atoms. The summed E-state index contributed by atoms with van der Waals surface area (Å²) < 4.78 is 0. The molecule has 0 aromatic heterocycles. The number of hydrogen-bond acceptors (Lipinski definition) is 1. The first kappa shape index (κ1) is 12.0. The van der Waals surface area contributed by atoms with Crippen LogP contribution < -0.4 is 5.32 Å². The SMILES string of the molecule is CC/C(C)=C/C1CCNCC1.Cl. The fraction of sp³-hybridized carbons (Fsp3) is 0.800. The smallest absolute Gasteiger partial charge is 0.00433 e. The average molecular weight is 190 g/mol. The van der Waals surface area contributed by atoms with Gasteiger partial charge in [0.2, 0.25) is 0 Å². The van der Waals surface area contributed by atoms with Gasteiger partial charge < -0.3 is 5.32 Å². The van der Waals surface area contributed by atoms with E-state index in [1.165, 1.54) is 32.4 Å². The molecule has 1 aliphatic rings. The zero-order valence-electron chi connectivity index (χ0n) is 8.10. The first-order chi connectivity index (χ1) is 5.33. The van der Waals surface area contributed by atoms with Crippen LogP contribution in [-0.4, -0.2) is 13.1 Å². The predicted octanol–water partition coefficient (Wildman–Crippen LogP) is 2.76. The van der Waals surface area contributed by atoms with Gasteiger partial charge in [0.15, 0.2) is 0 Å². The van der Waals surface area contributed by atoms with Crippen LogP contribution in [0.4, 0.5) is 0 Å². The average Bonchev–Trinajstić information content (AvgIpc) is 2.06. The Labute approximate surface area is 82.0 Å². The van der Waals surface area contributed by atoms with Crippen molar-refractivity contribution in [2.75, 3.05) is 13.1 Å². The van der Waals surface area contributed by atoms with Crippen molar-refractivity contribution in [2.24, 2.45) is 5.92 Å². The monoisotopic (exact) mass is 189 g/mol. The Morgan fingerprint density at radius 3 is 2.50 bits per heavy atom. The van der Waals surface area contributed by atoms with Crippen LogP contribution in [0, 0.1) is 5.92 Å². The summed E-state index contributed by atoms with van der Waals surface area (Å²) in [5.74, 6) is 0.858. The molecule has 1 rings (SSSR count). The summed E-state index contributed by atoms with van der Waals surface area (Å²) in [7, 11) is 0. The van der Waals surface area contributed by atoms with Gasteiger partial charge in [-0.15, -0.1) is 12.4 Å². The van der Waals surface area contributed by atoms with Gasteiger partial charge in [-0.1, -0.05) is 18.6 Å². The molecule has 1 saturated heterocycles. The molecule has 0 bridgehead atoms. The van der Waals surface area contributed by atoms with Crippen molar-refractivity contribution in [3.8, 4) is 0 Å². The molecule has 0 saturated carbocycles. The molecule has 72 valence electrons. The quantitative estimate of drug-likeness (QED) is 0.659. The van der Waals surface area contributed by atoms with Gasteiger partial charge in [0.05, 0.1) is 0 Å². The van der Waals surface area contributed by atoms with Crippen molar-refractivity contribution in [1.29, 1.82) is 0 Å². The number of piperidine rings is 1. The maximum absolute atomic E-state index is 3.38. The summed E-state index contributed by atoms with van der Waals surface area (Å²) >= 11 is 0. The Kier molecular flexibility index (Phi) is 6.49. The van der Waals surface area contributed by atoms with Crippen LogP contribution in [0.15, 0.2) is 11.6 Å². The fourth-order valence-corrected chi connectivity index (χ4v) is 1.53. The lowest BCUT2D eigenvalue weighted by Gasteiger charge is -2.20. The van der Waals surface area contributed by atoms with Crippen molar-refractivity contribution in [1.82, 2.24) is 5.32 Å². The predicted molar refractivity (Wildman–Crippen MR) is 56.9 cm³/mol. The van der Waals surface area contributed by atoms with E-state index >= 15 is 0 Å². The van der Waals surface area contributed by atoms with Crippen molar-refractivity contribution in [3.05, 3.63) is 11.6 Å². The Morgan fingerprint density at radius 2 is 2.00 bits per heavy atom. The van der Waals surface area contributed by atoms with E-state index in [0.717, 1.165) is 5.92 Å². The van der Waals surface area contributed by atoms with E-state index in [1.807, 2.05) is 0 Å². The minimum Gasteiger partial charge on any atom is -0.317 e. The highest BCUT2D eigenvalue weighted by atomic mass is 35.5. The Morgan fingerprint density at radius 1 is 1.42 bits per heavy atom. The van der Waals surface area contributed by atoms with Gasteiger partial charge in [-0.05, 0) is 45.2 Å². The van der Waals surface area contributed by atoms with Crippen molar-refractivity contribution >= 4 is 12.4 Å². The van der Waals surface area contributed by atoms with E-state index in [1.54, 1.807) is 5.57 Å². The van der Waals surface area contributed by atoms with Crippen LogP contribution >= 0.6 is 12.4 Å². The van der Waals surface area contributed by atoms with Gasteiger partial charge in [0.25, 0.3) is 0 Å². The highest BCUT2D eigenvalue weighted by Crippen LogP contribution is 2.15. The van der Waals surface area contributed by atoms with Gasteiger partial charge in [0, 0.05) is 0 Å². The molecule has 12 heavy (non-hydrogen) atoms. The molecule has 1 aliphatic heterocycles. The summed E-state index contributed by atoms with van der Waals surface area (Å²) in [5, 5.41) is 3.38. The van der Waals surface area contributed by atoms with Gasteiger partial charge in [-0.2, -0.15) is 0 Å². The minimum absolute atomic E-state index is 0. The zero-order chi connectivity index (χ0) is 8.10. The highest BCUT2D eigenvalue weighted by molar-refractivity contribution is 5.85. The number of nitrogens with one attached hydrogen (secondary N) is 1. The lowest BCUT2D eigenvalue weighted by atomic mass is 9.95. The summed E-state index contributed by atoms with van der Waals surface area (Å²) in [6.07, 6.45) is 6.33. The van der Waals surface area contributed by atoms with Crippen LogP contribution in [0.2, 0.25) is 0 Å². The summed E-state index contributed by atoms with van der Waals surface area (Å²) in [6, 6.07) is 0. The van der Waals surface area contributed by atoms with Crippen LogP contribution in [-0.2, 0) is 0 Å². The van der Waals surface area contributed by atoms with Gasteiger partial charge in [0.1, 0.15) is 0 Å². The van der Waals surface area contributed by atoms with Crippen LogP contribution in [0.3, 0.4) is 0 Å². The standard InChI is InChI=1S/C10H19N.ClH/c1-3-9(2)8-10-4-6-11-7-5-10;/h8,10-11H,3-7H2,1-2H3;1H/b9-8+;. The molecule has 2 heteroatoms. The van der Waals surface area contributed by atoms with Gasteiger partial charge in [-0.3, -0.25) is 0 Å². The number of allylic oxidation sites excluding steroid dienone is 2. The van der Waals surface area contributed by atoms with E-state index in [9.17, 15) is 0 Å². The first-order valence-corrected chi connectivity index (χ1v) is 4.71. The van der Waals surface area contributed by atoms with Crippen molar-refractivity contribution < 1.29 is 0 Å². The Hall–Kier alpha value is -0.0100. The third-order valence-corrected chi connectivity index (χ3v) is 2.46. The van der Waals surface area contributed by atoms with E-state index in [4.69, 9.17) is 0 Å². The normalized spacial score (nSPS) is 20.3. The summed E-state index contributed by atoms with van der Waals surface area (Å²) in [5.41, 5.74) is 1.55. The molecular formula is C10H20ClN. The number of hydrogen-bond donors (Lipinski definition) is 1. The van der Waals surface area contributed by atoms with Crippen molar-refractivity contribution in [3.63, 3.8) is 0 Å². The summed E-state index contributed by atoms with van der Waals surface area (Å²) in [4.78, 5) is 0. The van der Waals surface area contributed by atoms with Gasteiger partial charge >= 0.3 is 0 Å². The third kappa shape index (κ3) is 4.13. The van der Waals surface area contributed by atoms with E-state index < -0.39 is 0 Å². The number of rotatable bonds is 2. The minimum atomic E-state index is 0. The van der Waals surface area contributed by atoms with E-state index in [2.05, 4.69) is 25.2 Å². The molecule has 0 aliphatic carbocycles. The third-order valence-electron chi connectivity index (χ3n) is 2.46. The molecule has 0 aromatic rings. The second kappa shape index (κ2) is 6.50. The molecule has 0 atom stereocenters. The second-order valence-corrected chi connectivity index (χ2v) is 3.45. The maximum Gasteiger partial charge on any atom is -0.00433 e. The Bertz CT molecular complexity index is 137. The molecule has 1 nitrogen and oxygen atoms in total. The molecule has 1 N–H and O–H groups in total. The molecule has 0 radical (unpaired) electrons. The Balaban J connectivity index is 0.00000121. The second-order valence-electron chi connectivity index (χ2n) is 3.45. The first-order valence-electron chi connectivity index (χ1n) is 4.71. The molecule has 0 unspecified atom stereocenters. The van der Waals surface area contributed by atoms with Crippen LogP contribution in [0.1, 0.15) is 33.1 Å². The topological polar surface area (TPSA) is 12.0 Å². The lowest BCUT2D eigenvalue weighted by Crippen LogP contribution is -2.26. The highest BCUT2D eigenvalue weighted by Gasteiger charge is 2.09. The van der Waals surface area contributed by atoms with Crippen LogP contribution in [0.25, 0.3) is 0 Å². The maximum atomic E-state index is 3.38. The van der Waals surface area contributed by atoms with Gasteiger partial charge in [-0.25, -0.2) is 0 Å². The molecule has 0 amide bonds. The largest absolute Gasteiger partial charge is 0.317 e. The summed E-state index contributed by atoms with van der Waals surface area (Å²) in [6.45, 7) is 6.88. The molecular weight excluding hydrogens is 170 g/mol. The number of halogens is 1. The molecule has 1 fully saturated rings. The van der Waals surface area contributed by atoms with Crippen LogP contribution in [0.5, 0.6) is 0 Å². The fourth-order valence-electron chi connectivity index (χ4n) is 1.53. The lowest BCUT2D eigenvalue weighted by molar-refractivity contribution is 0.434. The van der Waals surface area contributed by atoms with Crippen molar-refractivity contribution in [2.45, 2.75) is 33.1 Å².